The van der Waals surface area contributed by atoms with Crippen molar-refractivity contribution < 1.29 is 18.1 Å². The van der Waals surface area contributed by atoms with Crippen molar-refractivity contribution >= 4 is 31.3 Å². The average molecular weight is 932 g/mol. The topological polar surface area (TPSA) is 47.6 Å². The van der Waals surface area contributed by atoms with Crippen molar-refractivity contribution in [3.63, 3.8) is 0 Å². The summed E-state index contributed by atoms with van der Waals surface area (Å²) in [6.45, 7) is 6.99. The van der Waals surface area contributed by atoms with Crippen LogP contribution in [-0.2, 0) is 13.6 Å². The first-order valence-corrected chi connectivity index (χ1v) is 30.8. The van der Waals surface area contributed by atoms with Gasteiger partial charge in [0.05, 0.1) is 26.3 Å². The zero-order valence-electron chi connectivity index (χ0n) is 41.6. The van der Waals surface area contributed by atoms with E-state index < -0.39 is 7.75 Å². The Kier molecular flexibility index (Phi) is 41.1. The van der Waals surface area contributed by atoms with Gasteiger partial charge in [0, 0.05) is 35.1 Å². The average Bonchev–Trinajstić information content (AvgIpc) is 3.24. The summed E-state index contributed by atoms with van der Waals surface area (Å²) in [7, 11) is 4.98. The van der Waals surface area contributed by atoms with Crippen molar-refractivity contribution in [2.24, 2.45) is 0 Å². The van der Waals surface area contributed by atoms with Gasteiger partial charge in [-0.15, -0.1) is 7.05 Å². The van der Waals surface area contributed by atoms with E-state index >= 15 is 0 Å². The molecule has 0 aliphatic heterocycles. The summed E-state index contributed by atoms with van der Waals surface area (Å²) < 4.78 is 26.4. The summed E-state index contributed by atoms with van der Waals surface area (Å²) in [4.78, 5) is 0. The van der Waals surface area contributed by atoms with Gasteiger partial charge in [0.25, 0.3) is 0 Å². The summed E-state index contributed by atoms with van der Waals surface area (Å²) in [6.07, 6.45) is 54.9. The Morgan fingerprint density at radius 1 is 0.516 bits per heavy atom. The lowest BCUT2D eigenvalue weighted by molar-refractivity contribution is -0.844. The molecule has 1 N–H and O–H groups in total. The molecular weight excluding hydrogens is 820 g/mol. The lowest BCUT2D eigenvalue weighted by Gasteiger charge is -2.33. The van der Waals surface area contributed by atoms with Crippen molar-refractivity contribution in [2.45, 2.75) is 299 Å². The van der Waals surface area contributed by atoms with Gasteiger partial charge in [-0.3, -0.25) is 9.05 Å². The molecule has 0 saturated heterocycles. The summed E-state index contributed by atoms with van der Waals surface area (Å²) >= 11 is 4.76. The highest BCUT2D eigenvalue weighted by Crippen LogP contribution is 2.44. The third kappa shape index (κ3) is 36.8. The van der Waals surface area contributed by atoms with E-state index in [9.17, 15) is 4.57 Å². The van der Waals surface area contributed by atoms with Gasteiger partial charge in [0.1, 0.15) is 0 Å². The fourth-order valence-electron chi connectivity index (χ4n) is 9.52. The second kappa shape index (κ2) is 41.9. The molecule has 372 valence electrons. The monoisotopic (exact) mass is 931 g/mol. The van der Waals surface area contributed by atoms with E-state index in [-0.39, 0.29) is 7.43 Å². The molecule has 0 aromatic carbocycles. The normalized spacial score (nSPS) is 17.5. The lowest BCUT2D eigenvalue weighted by atomic mass is 10.0. The summed E-state index contributed by atoms with van der Waals surface area (Å²) in [6, 6.07) is 0. The maximum atomic E-state index is 13.8. The molecule has 2 fully saturated rings. The number of thioether (sulfide) groups is 2. The third-order valence-corrected chi connectivity index (χ3v) is 18.6. The van der Waals surface area contributed by atoms with Crippen LogP contribution in [0.5, 0.6) is 0 Å². The minimum atomic E-state index is -3.32. The first kappa shape index (κ1) is 60.8. The number of hydrogen-bond acceptors (Lipinski definition) is 5. The number of nitrogens with one attached hydrogen (secondary N) is 1. The van der Waals surface area contributed by atoms with Crippen molar-refractivity contribution in [3.05, 3.63) is 7.05 Å². The molecule has 0 bridgehead atoms. The summed E-state index contributed by atoms with van der Waals surface area (Å²) in [5.74, 6) is 0. The number of likely N-dealkylation sites (N-methyl/N-ethyl adjacent to an activating group) is 1. The highest BCUT2D eigenvalue weighted by Gasteiger charge is 2.25. The SMILES string of the molecule is C.[CH2-][N+](C)(C)CCNP(=O)(OCCCCCCCCCC(CCCCCCCC)SC1CCCCC1)OCCCCCCCCC(CCCCCCCCC)SC1CCCCC1. The van der Waals surface area contributed by atoms with E-state index in [2.05, 4.69) is 63.6 Å². The van der Waals surface area contributed by atoms with Gasteiger partial charge in [-0.05, 0) is 64.2 Å². The summed E-state index contributed by atoms with van der Waals surface area (Å²) in [5.41, 5.74) is 0. The molecule has 0 aromatic heterocycles. The predicted molar refractivity (Wildman–Crippen MR) is 283 cm³/mol. The Hall–Kier alpha value is 0.770. The molecule has 0 heterocycles. The molecule has 2 aliphatic rings. The van der Waals surface area contributed by atoms with E-state index in [4.69, 9.17) is 9.05 Å². The molecule has 62 heavy (non-hydrogen) atoms. The molecule has 0 radical (unpaired) electrons. The molecule has 8 heteroatoms. The minimum absolute atomic E-state index is 0. The van der Waals surface area contributed by atoms with Crippen molar-refractivity contribution in [1.82, 2.24) is 5.09 Å². The van der Waals surface area contributed by atoms with E-state index in [1.54, 1.807) is 0 Å². The molecule has 2 rings (SSSR count). The Morgan fingerprint density at radius 2 is 0.823 bits per heavy atom. The van der Waals surface area contributed by atoms with Gasteiger partial charge >= 0.3 is 7.75 Å². The van der Waals surface area contributed by atoms with Crippen molar-refractivity contribution in [2.75, 3.05) is 40.4 Å². The standard InChI is InChI=1S/C53H107N2O3PS2.CH4/c1-6-8-10-12-15-21-29-39-51(61-53-44-34-27-35-45-53)41-31-23-17-19-25-37-49-58-59(56,54-46-47-55(3,4)5)57-48-36-24-18-14-16-22-30-40-50(38-28-20-13-11-9-7-2)60-52-42-32-26-33-43-52;/h50-53H,3,6-49H2,1-2,4-5H3,(H,54,56);1H4. The van der Waals surface area contributed by atoms with Crippen LogP contribution < -0.4 is 5.09 Å². The van der Waals surface area contributed by atoms with E-state index in [0.717, 1.165) is 53.2 Å². The van der Waals surface area contributed by atoms with E-state index in [1.807, 2.05) is 0 Å². The molecule has 0 spiro atoms. The second-order valence-corrected chi connectivity index (χ2v) is 25.4. The smallest absolute Gasteiger partial charge is 0.405 e. The Morgan fingerprint density at radius 3 is 1.15 bits per heavy atom. The van der Waals surface area contributed by atoms with Crippen LogP contribution in [0.4, 0.5) is 0 Å². The fourth-order valence-corrected chi connectivity index (χ4v) is 14.4. The molecule has 3 atom stereocenters. The van der Waals surface area contributed by atoms with Crippen molar-refractivity contribution in [1.29, 1.82) is 0 Å². The van der Waals surface area contributed by atoms with Crippen molar-refractivity contribution in [3.8, 4) is 0 Å². The number of hydrogen-bond donors (Lipinski definition) is 1. The van der Waals surface area contributed by atoms with Gasteiger partial charge in [0.15, 0.2) is 0 Å². The highest BCUT2D eigenvalue weighted by molar-refractivity contribution is 8.00. The minimum Gasteiger partial charge on any atom is -0.461 e. The first-order valence-electron chi connectivity index (χ1n) is 27.4. The van der Waals surface area contributed by atoms with Crippen LogP contribution in [0.3, 0.4) is 0 Å². The zero-order valence-corrected chi connectivity index (χ0v) is 44.1. The third-order valence-electron chi connectivity index (χ3n) is 13.5. The van der Waals surface area contributed by atoms with Crippen LogP contribution in [0.1, 0.15) is 278 Å². The van der Waals surface area contributed by atoms with Crippen LogP contribution in [0.15, 0.2) is 0 Å². The highest BCUT2D eigenvalue weighted by atomic mass is 32.2. The molecule has 5 nitrogen and oxygen atoms in total. The molecule has 0 aromatic rings. The fraction of sp³-hybridized carbons (Fsp3) is 0.981. The van der Waals surface area contributed by atoms with E-state index in [0.29, 0.717) is 24.2 Å². The largest absolute Gasteiger partial charge is 0.461 e. The molecule has 2 saturated carbocycles. The predicted octanol–water partition coefficient (Wildman–Crippen LogP) is 18.8. The Labute approximate surface area is 399 Å². The number of quaternary nitrogens is 1. The maximum absolute atomic E-state index is 13.8. The van der Waals surface area contributed by atoms with Crippen LogP contribution in [0, 0.1) is 7.05 Å². The lowest BCUT2D eigenvalue weighted by Crippen LogP contribution is -2.38. The quantitative estimate of drug-likeness (QED) is 0.0284. The van der Waals surface area contributed by atoms with Gasteiger partial charge in [-0.2, -0.15) is 23.5 Å². The molecular formula is C54H111N2O3PS2. The zero-order chi connectivity index (χ0) is 44.0. The number of nitrogens with zero attached hydrogens (tertiary/aromatic N) is 1. The first-order chi connectivity index (χ1) is 29.7. The van der Waals surface area contributed by atoms with Gasteiger partial charge < -0.3 is 4.48 Å². The molecule has 3 unspecified atom stereocenters. The summed E-state index contributed by atoms with van der Waals surface area (Å²) in [5, 5.41) is 6.82. The van der Waals surface area contributed by atoms with Crippen LogP contribution in [0.25, 0.3) is 0 Å². The Balaban J connectivity index is 0.0000192. The van der Waals surface area contributed by atoms with Gasteiger partial charge in [-0.25, -0.2) is 9.65 Å². The molecule has 0 amide bonds. The van der Waals surface area contributed by atoms with Gasteiger partial charge in [0.2, 0.25) is 0 Å². The van der Waals surface area contributed by atoms with Crippen LogP contribution >= 0.6 is 31.3 Å². The second-order valence-electron chi connectivity index (χ2n) is 20.4. The number of rotatable bonds is 44. The maximum Gasteiger partial charge on any atom is 0.405 e. The Bertz CT molecular complexity index is 987. The van der Waals surface area contributed by atoms with E-state index in [1.165, 1.54) is 231 Å². The molecule has 2 aliphatic carbocycles. The number of unbranched alkanes of at least 4 members (excludes halogenated alkanes) is 22. The van der Waals surface area contributed by atoms with Gasteiger partial charge in [-0.1, -0.05) is 214 Å². The van der Waals surface area contributed by atoms with Crippen LogP contribution in [0.2, 0.25) is 0 Å². The van der Waals surface area contributed by atoms with Crippen LogP contribution in [-0.4, -0.2) is 65.9 Å².